The second-order valence-corrected chi connectivity index (χ2v) is 7.46. The Labute approximate surface area is 178 Å². The van der Waals surface area contributed by atoms with Gasteiger partial charge in [0.1, 0.15) is 11.7 Å². The number of hydrogen-bond acceptors (Lipinski definition) is 6. The first kappa shape index (κ1) is 20.4. The van der Waals surface area contributed by atoms with Crippen LogP contribution < -0.4 is 10.6 Å². The van der Waals surface area contributed by atoms with Crippen LogP contribution in [0.3, 0.4) is 0 Å². The maximum Gasteiger partial charge on any atom is 0.289 e. The molecule has 1 saturated carbocycles. The predicted octanol–water partition coefficient (Wildman–Crippen LogP) is 1.16. The lowest BCUT2D eigenvalue weighted by Gasteiger charge is -2.18. The number of benzene rings is 1. The highest BCUT2D eigenvalue weighted by Crippen LogP contribution is 2.18. The maximum atomic E-state index is 13.1. The Morgan fingerprint density at radius 3 is 2.48 bits per heavy atom. The van der Waals surface area contributed by atoms with Crippen LogP contribution in [-0.4, -0.2) is 49.4 Å². The van der Waals surface area contributed by atoms with Crippen molar-refractivity contribution in [2.45, 2.75) is 38.3 Å². The molecule has 9 nitrogen and oxygen atoms in total. The molecule has 1 aliphatic carbocycles. The average Bonchev–Trinajstić information content (AvgIpc) is 3.51. The summed E-state index contributed by atoms with van der Waals surface area (Å²) in [6, 6.07) is 11.5. The van der Waals surface area contributed by atoms with Crippen molar-refractivity contribution in [2.75, 3.05) is 0 Å². The number of nitrogens with one attached hydrogen (secondary N) is 2. The van der Waals surface area contributed by atoms with E-state index in [1.165, 1.54) is 4.68 Å². The van der Waals surface area contributed by atoms with E-state index in [0.717, 1.165) is 18.4 Å². The molecule has 1 aromatic carbocycles. The number of aryl methyl sites for hydroxylation is 1. The molecule has 2 N–H and O–H groups in total. The van der Waals surface area contributed by atoms with Crippen LogP contribution in [0.2, 0.25) is 0 Å². The fraction of sp³-hybridized carbons (Fsp3) is 0.273. The van der Waals surface area contributed by atoms with Crippen LogP contribution in [0.15, 0.2) is 54.9 Å². The third-order valence-corrected chi connectivity index (χ3v) is 4.85. The molecular weight excluding hydrogens is 396 g/mol. The molecule has 0 radical (unpaired) electrons. The molecule has 4 rings (SSSR count). The van der Waals surface area contributed by atoms with Crippen molar-refractivity contribution in [2.24, 2.45) is 0 Å². The van der Waals surface area contributed by atoms with Crippen LogP contribution in [0.25, 0.3) is 5.95 Å². The summed E-state index contributed by atoms with van der Waals surface area (Å²) in [6.07, 6.45) is 5.02. The highest BCUT2D eigenvalue weighted by atomic mass is 16.2. The van der Waals surface area contributed by atoms with Crippen molar-refractivity contribution in [3.05, 3.63) is 71.8 Å². The zero-order valence-electron chi connectivity index (χ0n) is 17.0. The average molecular weight is 418 g/mol. The zero-order valence-corrected chi connectivity index (χ0v) is 17.0. The van der Waals surface area contributed by atoms with Gasteiger partial charge in [-0.3, -0.25) is 14.4 Å². The van der Waals surface area contributed by atoms with Gasteiger partial charge in [0.25, 0.3) is 17.8 Å². The molecular formula is C22H22N6O3. The van der Waals surface area contributed by atoms with Crippen molar-refractivity contribution in [3.8, 4) is 5.95 Å². The van der Waals surface area contributed by atoms with Gasteiger partial charge in [0, 0.05) is 24.9 Å². The number of rotatable bonds is 8. The number of hydrogen-bond donors (Lipinski definition) is 2. The van der Waals surface area contributed by atoms with E-state index in [0.29, 0.717) is 5.69 Å². The Morgan fingerprint density at radius 1 is 1.10 bits per heavy atom. The molecule has 31 heavy (non-hydrogen) atoms. The smallest absolute Gasteiger partial charge is 0.289 e. The Hall–Kier alpha value is -3.88. The second-order valence-electron chi connectivity index (χ2n) is 7.46. The standard InChI is InChI=1S/C22H22N6O3/c1-14-12-18(28(27-14)22-23-10-5-11-24-22)20(30)26-17(13-15-6-3-2-4-7-15)19(29)21(31)25-16-8-9-16/h2-7,10-12,16-17H,8-9,13H2,1H3,(H,25,31)(H,26,30)/t17-/m0/s1. The van der Waals surface area contributed by atoms with Crippen LogP contribution in [-0.2, 0) is 16.0 Å². The summed E-state index contributed by atoms with van der Waals surface area (Å²) in [6.45, 7) is 1.74. The van der Waals surface area contributed by atoms with Gasteiger partial charge < -0.3 is 10.6 Å². The summed E-state index contributed by atoms with van der Waals surface area (Å²) in [5.41, 5.74) is 1.60. The lowest BCUT2D eigenvalue weighted by molar-refractivity contribution is -0.139. The summed E-state index contributed by atoms with van der Waals surface area (Å²) < 4.78 is 1.32. The third-order valence-electron chi connectivity index (χ3n) is 4.85. The Bertz CT molecular complexity index is 1090. The van der Waals surface area contributed by atoms with Crippen molar-refractivity contribution in [3.63, 3.8) is 0 Å². The zero-order chi connectivity index (χ0) is 21.8. The number of carbonyl (C=O) groups excluding carboxylic acids is 3. The molecule has 0 aliphatic heterocycles. The van der Waals surface area contributed by atoms with Crippen molar-refractivity contribution in [1.82, 2.24) is 30.4 Å². The fourth-order valence-electron chi connectivity index (χ4n) is 3.15. The summed E-state index contributed by atoms with van der Waals surface area (Å²) in [7, 11) is 0. The van der Waals surface area contributed by atoms with Crippen LogP contribution in [0.1, 0.15) is 34.6 Å². The maximum absolute atomic E-state index is 13.1. The molecule has 0 saturated heterocycles. The number of carbonyl (C=O) groups is 3. The van der Waals surface area contributed by atoms with E-state index in [9.17, 15) is 14.4 Å². The Kier molecular flexibility index (Phi) is 5.83. The summed E-state index contributed by atoms with van der Waals surface area (Å²) in [5, 5.41) is 9.70. The van der Waals surface area contributed by atoms with E-state index in [-0.39, 0.29) is 24.1 Å². The normalized spacial score (nSPS) is 14.0. The van der Waals surface area contributed by atoms with E-state index in [2.05, 4.69) is 25.7 Å². The predicted molar refractivity (Wildman–Crippen MR) is 111 cm³/mol. The molecule has 2 heterocycles. The summed E-state index contributed by atoms with van der Waals surface area (Å²) in [4.78, 5) is 46.6. The van der Waals surface area contributed by atoms with Gasteiger partial charge in [-0.25, -0.2) is 9.97 Å². The van der Waals surface area contributed by atoms with Gasteiger partial charge >= 0.3 is 0 Å². The van der Waals surface area contributed by atoms with E-state index in [4.69, 9.17) is 0 Å². The molecule has 1 atom stereocenters. The first-order valence-corrected chi connectivity index (χ1v) is 10.0. The number of Topliss-reactive ketones (excluding diaryl/α,β-unsaturated/α-hetero) is 1. The van der Waals surface area contributed by atoms with Gasteiger partial charge in [0.2, 0.25) is 5.78 Å². The first-order valence-electron chi connectivity index (χ1n) is 10.0. The number of ketones is 1. The fourth-order valence-corrected chi connectivity index (χ4v) is 3.15. The number of amides is 2. The molecule has 0 spiro atoms. The van der Waals surface area contributed by atoms with Crippen LogP contribution >= 0.6 is 0 Å². The largest absolute Gasteiger partial charge is 0.347 e. The van der Waals surface area contributed by atoms with Crippen molar-refractivity contribution >= 4 is 17.6 Å². The molecule has 1 fully saturated rings. The molecule has 158 valence electrons. The number of nitrogens with zero attached hydrogens (tertiary/aromatic N) is 4. The second kappa shape index (κ2) is 8.86. The summed E-state index contributed by atoms with van der Waals surface area (Å²) in [5.74, 6) is -1.66. The Morgan fingerprint density at radius 2 is 1.81 bits per heavy atom. The van der Waals surface area contributed by atoms with Crippen molar-refractivity contribution < 1.29 is 14.4 Å². The van der Waals surface area contributed by atoms with E-state index in [1.807, 2.05) is 30.3 Å². The molecule has 0 bridgehead atoms. The highest BCUT2D eigenvalue weighted by Gasteiger charge is 2.32. The van der Waals surface area contributed by atoms with Gasteiger partial charge in [-0.2, -0.15) is 9.78 Å². The summed E-state index contributed by atoms with van der Waals surface area (Å²) >= 11 is 0. The third kappa shape index (κ3) is 5.00. The van der Waals surface area contributed by atoms with Gasteiger partial charge in [0.15, 0.2) is 0 Å². The first-order chi connectivity index (χ1) is 15.0. The Balaban J connectivity index is 1.58. The molecule has 0 unspecified atom stereocenters. The molecule has 9 heteroatoms. The van der Waals surface area contributed by atoms with Gasteiger partial charge in [0.05, 0.1) is 5.69 Å². The monoisotopic (exact) mass is 418 g/mol. The van der Waals surface area contributed by atoms with Gasteiger partial charge in [-0.1, -0.05) is 30.3 Å². The SMILES string of the molecule is Cc1cc(C(=O)N[C@@H](Cc2ccccc2)C(=O)C(=O)NC2CC2)n(-c2ncccn2)n1. The van der Waals surface area contributed by atoms with E-state index >= 15 is 0 Å². The molecule has 3 aromatic rings. The lowest BCUT2D eigenvalue weighted by atomic mass is 10.0. The van der Waals surface area contributed by atoms with E-state index < -0.39 is 23.6 Å². The minimum atomic E-state index is -1.02. The molecule has 1 aliphatic rings. The topological polar surface area (TPSA) is 119 Å². The molecule has 2 aromatic heterocycles. The van der Waals surface area contributed by atoms with Crippen LogP contribution in [0.4, 0.5) is 0 Å². The quantitative estimate of drug-likeness (QED) is 0.530. The van der Waals surface area contributed by atoms with Gasteiger partial charge in [-0.15, -0.1) is 0 Å². The minimum Gasteiger partial charge on any atom is -0.347 e. The van der Waals surface area contributed by atoms with Crippen LogP contribution in [0, 0.1) is 6.92 Å². The van der Waals surface area contributed by atoms with Crippen molar-refractivity contribution in [1.29, 1.82) is 0 Å². The van der Waals surface area contributed by atoms with E-state index in [1.54, 1.807) is 31.5 Å². The molecule has 2 amide bonds. The minimum absolute atomic E-state index is 0.0452. The lowest BCUT2D eigenvalue weighted by Crippen LogP contribution is -2.49. The van der Waals surface area contributed by atoms with Crippen LogP contribution in [0.5, 0.6) is 0 Å². The van der Waals surface area contributed by atoms with Gasteiger partial charge in [-0.05, 0) is 37.5 Å². The highest BCUT2D eigenvalue weighted by molar-refractivity contribution is 6.38. The number of aromatic nitrogens is 4.